The Morgan fingerprint density at radius 3 is 3.00 bits per heavy atom. The largest absolute Gasteiger partial charge is 0.372 e. The average molecular weight is 257 g/mol. The number of likely N-dealkylation sites (N-methyl/N-ethyl adjacent to an activating group) is 1. The Morgan fingerprint density at radius 1 is 1.38 bits per heavy atom. The smallest absolute Gasteiger partial charge is 0.0657 e. The topological polar surface area (TPSA) is 15.3 Å². The van der Waals surface area contributed by atoms with Crippen LogP contribution in [-0.2, 0) is 6.42 Å². The summed E-state index contributed by atoms with van der Waals surface area (Å²) in [5.74, 6) is 0.536. The van der Waals surface area contributed by atoms with Gasteiger partial charge in [0.2, 0.25) is 0 Å². The molecule has 0 fully saturated rings. The molecule has 0 spiro atoms. The van der Waals surface area contributed by atoms with Crippen LogP contribution in [0.25, 0.3) is 0 Å². The van der Waals surface area contributed by atoms with Crippen molar-refractivity contribution in [3.05, 3.63) is 27.2 Å². The third-order valence-corrected chi connectivity index (χ3v) is 4.20. The number of rotatable bonds is 0. The SMILES string of the molecule is CN1CC2CNCCc3c(Cl)cc(Cl)c1c32. The van der Waals surface area contributed by atoms with E-state index < -0.39 is 0 Å². The highest BCUT2D eigenvalue weighted by Gasteiger charge is 2.33. The molecule has 0 saturated heterocycles. The average Bonchev–Trinajstić information content (AvgIpc) is 2.43. The van der Waals surface area contributed by atoms with Crippen LogP contribution in [0.4, 0.5) is 5.69 Å². The Kier molecular flexibility index (Phi) is 2.54. The number of nitrogens with zero attached hydrogens (tertiary/aromatic N) is 1. The summed E-state index contributed by atoms with van der Waals surface area (Å²) in [4.78, 5) is 2.25. The van der Waals surface area contributed by atoms with Crippen LogP contribution in [0.1, 0.15) is 17.0 Å². The molecule has 2 aliphatic rings. The quantitative estimate of drug-likeness (QED) is 0.768. The minimum Gasteiger partial charge on any atom is -0.372 e. The van der Waals surface area contributed by atoms with Crippen LogP contribution >= 0.6 is 23.2 Å². The summed E-state index contributed by atoms with van der Waals surface area (Å²) in [5, 5.41) is 5.08. The van der Waals surface area contributed by atoms with Crippen LogP contribution in [0.3, 0.4) is 0 Å². The maximum absolute atomic E-state index is 6.30. The number of hydrogen-bond donors (Lipinski definition) is 1. The summed E-state index contributed by atoms with van der Waals surface area (Å²) >= 11 is 12.6. The first-order valence-corrected chi connectivity index (χ1v) is 6.36. The lowest BCUT2D eigenvalue weighted by atomic mass is 9.95. The van der Waals surface area contributed by atoms with Gasteiger partial charge < -0.3 is 10.2 Å². The summed E-state index contributed by atoms with van der Waals surface area (Å²) in [7, 11) is 2.10. The van der Waals surface area contributed by atoms with Crippen LogP contribution in [0.15, 0.2) is 6.07 Å². The van der Waals surface area contributed by atoms with E-state index >= 15 is 0 Å². The number of anilines is 1. The Morgan fingerprint density at radius 2 is 2.19 bits per heavy atom. The first-order chi connectivity index (χ1) is 7.68. The lowest BCUT2D eigenvalue weighted by molar-refractivity contribution is 0.625. The van der Waals surface area contributed by atoms with Gasteiger partial charge in [-0.25, -0.2) is 0 Å². The zero-order chi connectivity index (χ0) is 11.3. The Balaban J connectivity index is 2.27. The molecule has 3 rings (SSSR count). The van der Waals surface area contributed by atoms with Crippen molar-refractivity contribution in [3.63, 3.8) is 0 Å². The normalized spacial score (nSPS) is 23.2. The van der Waals surface area contributed by atoms with E-state index in [9.17, 15) is 0 Å². The van der Waals surface area contributed by atoms with Gasteiger partial charge in [-0.05, 0) is 30.2 Å². The fourth-order valence-electron chi connectivity index (χ4n) is 2.92. The van der Waals surface area contributed by atoms with E-state index in [0.717, 1.165) is 36.1 Å². The van der Waals surface area contributed by atoms with Crippen LogP contribution in [0.2, 0.25) is 10.0 Å². The minimum atomic E-state index is 0.536. The second-order valence-corrected chi connectivity index (χ2v) is 5.43. The fraction of sp³-hybridized carbons (Fsp3) is 0.500. The van der Waals surface area contributed by atoms with Crippen molar-refractivity contribution in [2.24, 2.45) is 0 Å². The molecule has 2 heterocycles. The molecule has 1 unspecified atom stereocenters. The van der Waals surface area contributed by atoms with Crippen molar-refractivity contribution in [2.75, 3.05) is 31.6 Å². The molecular weight excluding hydrogens is 243 g/mol. The van der Waals surface area contributed by atoms with Gasteiger partial charge in [-0.3, -0.25) is 0 Å². The third-order valence-electron chi connectivity index (χ3n) is 3.57. The molecule has 0 aliphatic carbocycles. The molecule has 86 valence electrons. The third kappa shape index (κ3) is 1.44. The molecule has 2 nitrogen and oxygen atoms in total. The molecule has 1 aromatic carbocycles. The molecule has 0 bridgehead atoms. The van der Waals surface area contributed by atoms with E-state index in [2.05, 4.69) is 17.3 Å². The fourth-order valence-corrected chi connectivity index (χ4v) is 3.63. The Hall–Kier alpha value is -0.440. The van der Waals surface area contributed by atoms with E-state index in [0.29, 0.717) is 5.92 Å². The van der Waals surface area contributed by atoms with Gasteiger partial charge in [0, 0.05) is 31.1 Å². The Labute approximate surface area is 106 Å². The van der Waals surface area contributed by atoms with Crippen molar-refractivity contribution in [1.82, 2.24) is 5.32 Å². The van der Waals surface area contributed by atoms with Gasteiger partial charge in [-0.1, -0.05) is 23.2 Å². The minimum absolute atomic E-state index is 0.536. The van der Waals surface area contributed by atoms with Gasteiger partial charge in [0.1, 0.15) is 0 Å². The second kappa shape index (κ2) is 3.80. The maximum atomic E-state index is 6.30. The summed E-state index contributed by atoms with van der Waals surface area (Å²) in [6, 6.07) is 1.89. The van der Waals surface area contributed by atoms with E-state index in [1.54, 1.807) is 0 Å². The molecule has 1 atom stereocenters. The van der Waals surface area contributed by atoms with E-state index in [1.165, 1.54) is 16.8 Å². The van der Waals surface area contributed by atoms with Gasteiger partial charge in [-0.2, -0.15) is 0 Å². The molecule has 4 heteroatoms. The van der Waals surface area contributed by atoms with Gasteiger partial charge in [-0.15, -0.1) is 0 Å². The summed E-state index contributed by atoms with van der Waals surface area (Å²) < 4.78 is 0. The predicted octanol–water partition coefficient (Wildman–Crippen LogP) is 2.67. The van der Waals surface area contributed by atoms with Crippen molar-refractivity contribution in [3.8, 4) is 0 Å². The second-order valence-electron chi connectivity index (χ2n) is 4.61. The van der Waals surface area contributed by atoms with Crippen LogP contribution in [0.5, 0.6) is 0 Å². The zero-order valence-corrected chi connectivity index (χ0v) is 10.7. The molecule has 0 radical (unpaired) electrons. The molecule has 0 amide bonds. The summed E-state index contributed by atoms with van der Waals surface area (Å²) in [6.45, 7) is 3.07. The first-order valence-electron chi connectivity index (χ1n) is 5.61. The van der Waals surface area contributed by atoms with Gasteiger partial charge in [0.15, 0.2) is 0 Å². The molecule has 2 aliphatic heterocycles. The molecule has 1 N–H and O–H groups in total. The highest BCUT2D eigenvalue weighted by Crippen LogP contribution is 2.45. The first kappa shape index (κ1) is 10.7. The summed E-state index contributed by atoms with van der Waals surface area (Å²) in [6.07, 6.45) is 1.00. The van der Waals surface area contributed by atoms with Gasteiger partial charge >= 0.3 is 0 Å². The molecule has 1 aromatic rings. The highest BCUT2D eigenvalue weighted by molar-refractivity contribution is 6.37. The number of halogens is 2. The molecule has 0 aromatic heterocycles. The van der Waals surface area contributed by atoms with Gasteiger partial charge in [0.05, 0.1) is 10.7 Å². The highest BCUT2D eigenvalue weighted by atomic mass is 35.5. The van der Waals surface area contributed by atoms with Crippen molar-refractivity contribution >= 4 is 28.9 Å². The molecule has 0 saturated carbocycles. The van der Waals surface area contributed by atoms with Crippen LogP contribution in [0, 0.1) is 0 Å². The molecular formula is C12H14Cl2N2. The van der Waals surface area contributed by atoms with E-state index in [4.69, 9.17) is 23.2 Å². The summed E-state index contributed by atoms with van der Waals surface area (Å²) in [5.41, 5.74) is 3.86. The number of benzene rings is 1. The van der Waals surface area contributed by atoms with Crippen LogP contribution in [-0.4, -0.2) is 26.7 Å². The zero-order valence-electron chi connectivity index (χ0n) is 9.19. The lowest BCUT2D eigenvalue weighted by Gasteiger charge is -2.16. The maximum Gasteiger partial charge on any atom is 0.0657 e. The predicted molar refractivity (Wildman–Crippen MR) is 69.0 cm³/mol. The van der Waals surface area contributed by atoms with Crippen LogP contribution < -0.4 is 10.2 Å². The van der Waals surface area contributed by atoms with E-state index in [-0.39, 0.29) is 0 Å². The molecule has 16 heavy (non-hydrogen) atoms. The van der Waals surface area contributed by atoms with Crippen molar-refractivity contribution in [1.29, 1.82) is 0 Å². The standard InChI is InChI=1S/C12H14Cl2N2/c1-16-6-7-5-15-3-2-8-9(13)4-10(14)12(16)11(7)8/h4,7,15H,2-3,5-6H2,1H3. The number of nitrogens with one attached hydrogen (secondary N) is 1. The lowest BCUT2D eigenvalue weighted by Crippen LogP contribution is -2.24. The van der Waals surface area contributed by atoms with Crippen molar-refractivity contribution in [2.45, 2.75) is 12.3 Å². The van der Waals surface area contributed by atoms with Crippen molar-refractivity contribution < 1.29 is 0 Å². The van der Waals surface area contributed by atoms with E-state index in [1.807, 2.05) is 6.07 Å². The van der Waals surface area contributed by atoms with Gasteiger partial charge in [0.25, 0.3) is 0 Å². The number of hydrogen-bond acceptors (Lipinski definition) is 2. The monoisotopic (exact) mass is 256 g/mol. The Bertz CT molecular complexity index is 445.